The highest BCUT2D eigenvalue weighted by atomic mass is 15.1. The lowest BCUT2D eigenvalue weighted by Gasteiger charge is -2.63. The SMILES string of the molecule is CC1(C)c2ccccc2-c2ccc(N(c3ccc(-c4ccc5c(c4)c4ccccc4n5-c4ccccc4)cc3)c3cccc4c3-c3ccccc3C3CCC45CCC4CC6(CC7CC(C3)(c3ccccc3-c3ccccc37)C65)c3ccccc3-c3ccccc34)cc21. The van der Waals surface area contributed by atoms with Crippen molar-refractivity contribution >= 4 is 38.9 Å². The Bertz CT molecular complexity index is 5170. The summed E-state index contributed by atoms with van der Waals surface area (Å²) in [5.41, 5.74) is 32.6. The molecule has 3 fully saturated rings. The molecule has 7 aliphatic carbocycles. The van der Waals surface area contributed by atoms with Crippen LogP contribution < -0.4 is 4.90 Å². The molecule has 13 aromatic rings. The predicted octanol–water partition coefficient (Wildman–Crippen LogP) is 23.4. The van der Waals surface area contributed by atoms with Crippen LogP contribution in [0.5, 0.6) is 0 Å². The molecule has 0 N–H and O–H groups in total. The van der Waals surface area contributed by atoms with E-state index in [1.54, 1.807) is 27.8 Å². The van der Waals surface area contributed by atoms with Crippen LogP contribution in [0.4, 0.5) is 17.1 Å². The molecule has 92 heavy (non-hydrogen) atoms. The van der Waals surface area contributed by atoms with E-state index in [2.05, 4.69) is 302 Å². The molecule has 0 amide bonds. The fraction of sp³-hybridized carbons (Fsp3) is 0.200. The average molecular weight is 1180 g/mol. The molecule has 1 aromatic heterocycles. The Hall–Kier alpha value is -9.76. The lowest BCUT2D eigenvalue weighted by molar-refractivity contribution is 0.00200. The molecule has 7 aliphatic rings. The van der Waals surface area contributed by atoms with Crippen molar-refractivity contribution < 1.29 is 0 Å². The van der Waals surface area contributed by atoms with Gasteiger partial charge in [-0.15, -0.1) is 0 Å². The topological polar surface area (TPSA) is 8.17 Å². The van der Waals surface area contributed by atoms with Gasteiger partial charge in [-0.3, -0.25) is 0 Å². The number of para-hydroxylation sites is 2. The Morgan fingerprint density at radius 3 is 1.50 bits per heavy atom. The second-order valence-corrected chi connectivity index (χ2v) is 29.1. The van der Waals surface area contributed by atoms with E-state index in [1.165, 1.54) is 123 Å². The van der Waals surface area contributed by atoms with Crippen molar-refractivity contribution in [3.8, 4) is 61.3 Å². The van der Waals surface area contributed by atoms with Crippen molar-refractivity contribution in [2.75, 3.05) is 4.90 Å². The van der Waals surface area contributed by atoms with Gasteiger partial charge in [0.2, 0.25) is 0 Å². The summed E-state index contributed by atoms with van der Waals surface area (Å²) in [7, 11) is 0. The van der Waals surface area contributed by atoms with Crippen LogP contribution in [0.2, 0.25) is 0 Å². The fourth-order valence-corrected chi connectivity index (χ4v) is 21.5. The molecule has 3 spiro atoms. The van der Waals surface area contributed by atoms with Gasteiger partial charge in [0, 0.05) is 55.1 Å². The third-order valence-corrected chi connectivity index (χ3v) is 24.7. The standard InChI is InChI=1S/C90H72N2/c1-87(2)77-33-16-12-30-72(77)73-45-44-64(52-81(73)87)91(63-42-39-57(40-43-63)58-41-46-83-76(51-58)74-31-15-19-37-82(74)92(83)62-21-4-3-5-22-62)84-38-20-36-80-85(84)75-32-11-8-24-66(75)60-48-50-88(80)49-47-59-53-89(78-34-17-13-28-70(78)68-26-9-6-23-65(59)68)55-61-56-90(54-60,86(88)89)79-35-18-14-29-71(79)69-27-10-7-25-67(61)69/h3-46,51-52,59-61,86H,47-50,53-56H2,1-2H3. The zero-order valence-corrected chi connectivity index (χ0v) is 52.4. The zero-order chi connectivity index (χ0) is 60.7. The summed E-state index contributed by atoms with van der Waals surface area (Å²) in [6.07, 6.45) is 9.22. The molecule has 3 saturated carbocycles. The van der Waals surface area contributed by atoms with E-state index < -0.39 is 0 Å². The van der Waals surface area contributed by atoms with Gasteiger partial charge < -0.3 is 9.47 Å². The summed E-state index contributed by atoms with van der Waals surface area (Å²) >= 11 is 0. The van der Waals surface area contributed by atoms with Crippen molar-refractivity contribution in [2.24, 2.45) is 5.92 Å². The number of rotatable bonds is 5. The lowest BCUT2D eigenvalue weighted by atomic mass is 9.40. The minimum Gasteiger partial charge on any atom is -0.310 e. The van der Waals surface area contributed by atoms with E-state index in [1.807, 2.05) is 0 Å². The monoisotopic (exact) mass is 1180 g/mol. The summed E-state index contributed by atoms with van der Waals surface area (Å²) in [5.74, 6) is 1.46. The molecule has 0 radical (unpaired) electrons. The average Bonchev–Trinajstić information content (AvgIpc) is 1.43. The summed E-state index contributed by atoms with van der Waals surface area (Å²) < 4.78 is 2.42. The highest BCUT2D eigenvalue weighted by Gasteiger charge is 2.69. The van der Waals surface area contributed by atoms with E-state index in [0.29, 0.717) is 23.7 Å². The molecule has 0 saturated heterocycles. The Morgan fingerprint density at radius 2 is 0.826 bits per heavy atom. The normalized spacial score (nSPS) is 23.6. The van der Waals surface area contributed by atoms with Gasteiger partial charge in [-0.25, -0.2) is 0 Å². The first-order valence-corrected chi connectivity index (χ1v) is 34.1. The third-order valence-electron chi connectivity index (χ3n) is 24.7. The predicted molar refractivity (Wildman–Crippen MR) is 381 cm³/mol. The van der Waals surface area contributed by atoms with E-state index in [9.17, 15) is 0 Å². The van der Waals surface area contributed by atoms with Gasteiger partial charge in [-0.2, -0.15) is 0 Å². The maximum absolute atomic E-state index is 2.70. The van der Waals surface area contributed by atoms with Gasteiger partial charge in [0.15, 0.2) is 0 Å². The molecule has 2 nitrogen and oxygen atoms in total. The van der Waals surface area contributed by atoms with E-state index in [4.69, 9.17) is 0 Å². The highest BCUT2D eigenvalue weighted by molar-refractivity contribution is 6.10. The Labute approximate surface area is 540 Å². The summed E-state index contributed by atoms with van der Waals surface area (Å²) in [4.78, 5) is 2.70. The Kier molecular flexibility index (Phi) is 11.2. The highest BCUT2D eigenvalue weighted by Crippen LogP contribution is 2.77. The van der Waals surface area contributed by atoms with Gasteiger partial charge in [-0.05, 0) is 230 Å². The van der Waals surface area contributed by atoms with Crippen LogP contribution >= 0.6 is 0 Å². The first-order valence-electron chi connectivity index (χ1n) is 34.1. The number of benzene rings is 12. The minimum atomic E-state index is -0.199. The molecule has 7 atom stereocenters. The van der Waals surface area contributed by atoms with E-state index in [-0.39, 0.29) is 21.7 Å². The van der Waals surface area contributed by atoms with Gasteiger partial charge in [-0.1, -0.05) is 232 Å². The molecular weight excluding hydrogens is 1110 g/mol. The molecule has 442 valence electrons. The third kappa shape index (κ3) is 7.16. The Morgan fingerprint density at radius 1 is 0.337 bits per heavy atom. The second kappa shape index (κ2) is 19.4. The molecule has 20 rings (SSSR count). The van der Waals surface area contributed by atoms with Crippen molar-refractivity contribution in [2.45, 2.75) is 105 Å². The van der Waals surface area contributed by atoms with Crippen LogP contribution in [-0.2, 0) is 21.7 Å². The smallest absolute Gasteiger partial charge is 0.0543 e. The summed E-state index contributed by atoms with van der Waals surface area (Å²) in [6, 6.07) is 110. The number of hydrogen-bond acceptors (Lipinski definition) is 1. The van der Waals surface area contributed by atoms with Crippen molar-refractivity contribution in [1.82, 2.24) is 4.57 Å². The number of nitrogens with zero attached hydrogens (tertiary/aromatic N) is 2. The lowest BCUT2D eigenvalue weighted by Crippen LogP contribution is -2.60. The fourth-order valence-electron chi connectivity index (χ4n) is 21.5. The molecule has 1 heterocycles. The summed E-state index contributed by atoms with van der Waals surface area (Å²) in [6.45, 7) is 4.88. The molecule has 6 bridgehead atoms. The van der Waals surface area contributed by atoms with Gasteiger partial charge in [0.1, 0.15) is 0 Å². The van der Waals surface area contributed by atoms with E-state index >= 15 is 0 Å². The molecule has 7 unspecified atom stereocenters. The molecule has 2 heteroatoms. The number of fused-ring (bicyclic) bond motifs is 22. The molecule has 0 aliphatic heterocycles. The van der Waals surface area contributed by atoms with Crippen LogP contribution in [0.25, 0.3) is 83.1 Å². The van der Waals surface area contributed by atoms with Crippen LogP contribution in [0.1, 0.15) is 127 Å². The first-order chi connectivity index (χ1) is 45.3. The maximum Gasteiger partial charge on any atom is 0.0543 e. The van der Waals surface area contributed by atoms with Crippen LogP contribution in [0.3, 0.4) is 0 Å². The van der Waals surface area contributed by atoms with Crippen LogP contribution in [-0.4, -0.2) is 4.57 Å². The van der Waals surface area contributed by atoms with Gasteiger partial charge >= 0.3 is 0 Å². The van der Waals surface area contributed by atoms with Gasteiger partial charge in [0.25, 0.3) is 0 Å². The summed E-state index contributed by atoms with van der Waals surface area (Å²) in [5, 5.41) is 2.53. The maximum atomic E-state index is 2.70. The van der Waals surface area contributed by atoms with E-state index in [0.717, 1.165) is 44.9 Å². The Balaban J connectivity index is 0.849. The quantitative estimate of drug-likeness (QED) is 0.167. The van der Waals surface area contributed by atoms with Crippen molar-refractivity contribution in [1.29, 1.82) is 0 Å². The van der Waals surface area contributed by atoms with Crippen LogP contribution in [0.15, 0.2) is 279 Å². The number of hydrogen-bond donors (Lipinski definition) is 0. The molecular formula is C90H72N2. The zero-order valence-electron chi connectivity index (χ0n) is 52.4. The largest absolute Gasteiger partial charge is 0.310 e. The van der Waals surface area contributed by atoms with Gasteiger partial charge in [0.05, 0.1) is 16.7 Å². The number of anilines is 3. The molecule has 12 aromatic carbocycles. The minimum absolute atomic E-state index is 0.154. The van der Waals surface area contributed by atoms with Crippen molar-refractivity contribution in [3.05, 3.63) is 324 Å². The van der Waals surface area contributed by atoms with Crippen molar-refractivity contribution in [3.63, 3.8) is 0 Å². The van der Waals surface area contributed by atoms with Crippen LogP contribution in [0, 0.1) is 5.92 Å². The first kappa shape index (κ1) is 53.0. The number of aromatic nitrogens is 1. The second-order valence-electron chi connectivity index (χ2n) is 29.1.